The molecular formula is C22H22ClN5O2. The molecular weight excluding hydrogens is 402 g/mol. The summed E-state index contributed by atoms with van der Waals surface area (Å²) in [6.07, 6.45) is 0. The molecule has 4 rings (SSSR count). The van der Waals surface area contributed by atoms with Crippen LogP contribution in [0.25, 0.3) is 11.2 Å². The minimum atomic E-state index is -0.412. The van der Waals surface area contributed by atoms with Crippen LogP contribution >= 0.6 is 11.6 Å². The van der Waals surface area contributed by atoms with Gasteiger partial charge in [0.05, 0.1) is 6.54 Å². The molecule has 0 spiro atoms. The highest BCUT2D eigenvalue weighted by molar-refractivity contribution is 6.31. The summed E-state index contributed by atoms with van der Waals surface area (Å²) >= 11 is 6.28. The second-order valence-electron chi connectivity index (χ2n) is 7.33. The molecule has 0 radical (unpaired) electrons. The van der Waals surface area contributed by atoms with Crippen LogP contribution in [0.3, 0.4) is 0 Å². The zero-order chi connectivity index (χ0) is 21.4. The second kappa shape index (κ2) is 7.84. The normalized spacial score (nSPS) is 11.2. The molecule has 154 valence electrons. The van der Waals surface area contributed by atoms with Crippen LogP contribution < -0.4 is 16.6 Å². The third kappa shape index (κ3) is 3.52. The second-order valence-corrected chi connectivity index (χ2v) is 7.74. The van der Waals surface area contributed by atoms with E-state index in [0.717, 1.165) is 21.3 Å². The van der Waals surface area contributed by atoms with Crippen molar-refractivity contribution in [3.63, 3.8) is 0 Å². The Morgan fingerprint density at radius 3 is 2.53 bits per heavy atom. The maximum absolute atomic E-state index is 13.0. The minimum Gasteiger partial charge on any atom is -0.351 e. The molecule has 0 unspecified atom stereocenters. The molecule has 8 heteroatoms. The van der Waals surface area contributed by atoms with Crippen LogP contribution in [-0.4, -0.2) is 18.7 Å². The van der Waals surface area contributed by atoms with Gasteiger partial charge in [0.25, 0.3) is 5.56 Å². The maximum Gasteiger partial charge on any atom is 0.332 e. The van der Waals surface area contributed by atoms with Gasteiger partial charge in [0.1, 0.15) is 0 Å². The number of anilines is 1. The van der Waals surface area contributed by atoms with E-state index in [2.05, 4.69) is 16.4 Å². The van der Waals surface area contributed by atoms with Crippen LogP contribution in [0.5, 0.6) is 0 Å². The average Bonchev–Trinajstić information content (AvgIpc) is 3.08. The van der Waals surface area contributed by atoms with Crippen molar-refractivity contribution in [3.05, 3.63) is 91.1 Å². The van der Waals surface area contributed by atoms with E-state index >= 15 is 0 Å². The Kier molecular flexibility index (Phi) is 5.22. The average molecular weight is 424 g/mol. The number of hydrogen-bond donors (Lipinski definition) is 1. The highest BCUT2D eigenvalue weighted by atomic mass is 35.5. The predicted molar refractivity (Wildman–Crippen MR) is 119 cm³/mol. The van der Waals surface area contributed by atoms with Crippen molar-refractivity contribution < 1.29 is 0 Å². The molecule has 0 aliphatic heterocycles. The lowest BCUT2D eigenvalue weighted by molar-refractivity contribution is 0.702. The number of aryl methyl sites for hydroxylation is 2. The standard InChI is InChI=1S/C22H22ClN5O2/c1-14-7-6-8-15(11-14)13-28-18-19(26(2)22(30)27(3)20(18)29)25-21(28)24-12-16-9-4-5-10-17(16)23/h4-11H,12-13H2,1-3H3,(H,24,25). The molecule has 30 heavy (non-hydrogen) atoms. The maximum atomic E-state index is 13.0. The number of aromatic nitrogens is 4. The van der Waals surface area contributed by atoms with E-state index in [1.54, 1.807) is 7.05 Å². The molecule has 0 aliphatic rings. The molecule has 2 heterocycles. The summed E-state index contributed by atoms with van der Waals surface area (Å²) < 4.78 is 4.32. The van der Waals surface area contributed by atoms with Gasteiger partial charge >= 0.3 is 5.69 Å². The summed E-state index contributed by atoms with van der Waals surface area (Å²) in [6, 6.07) is 15.6. The summed E-state index contributed by atoms with van der Waals surface area (Å²) in [5.74, 6) is 0.504. The van der Waals surface area contributed by atoms with Crippen molar-refractivity contribution >= 4 is 28.7 Å². The Morgan fingerprint density at radius 1 is 1.03 bits per heavy atom. The van der Waals surface area contributed by atoms with Gasteiger partial charge in [-0.3, -0.25) is 18.5 Å². The van der Waals surface area contributed by atoms with Crippen molar-refractivity contribution in [2.45, 2.75) is 20.0 Å². The first kappa shape index (κ1) is 20.0. The first-order valence-corrected chi connectivity index (χ1v) is 9.93. The van der Waals surface area contributed by atoms with Crippen LogP contribution in [0.4, 0.5) is 5.95 Å². The SMILES string of the molecule is Cc1cccc(Cn2c(NCc3ccccc3Cl)nc3c2c(=O)n(C)c(=O)n3C)c1. The van der Waals surface area contributed by atoms with Gasteiger partial charge in [-0.05, 0) is 24.1 Å². The Morgan fingerprint density at radius 2 is 1.80 bits per heavy atom. The molecule has 7 nitrogen and oxygen atoms in total. The topological polar surface area (TPSA) is 73.8 Å². The number of nitrogens with zero attached hydrogens (tertiary/aromatic N) is 4. The molecule has 0 saturated carbocycles. The number of fused-ring (bicyclic) bond motifs is 1. The zero-order valence-electron chi connectivity index (χ0n) is 17.0. The van der Waals surface area contributed by atoms with Crippen LogP contribution in [0.15, 0.2) is 58.1 Å². The summed E-state index contributed by atoms with van der Waals surface area (Å²) in [4.78, 5) is 29.9. The van der Waals surface area contributed by atoms with Gasteiger partial charge in [-0.25, -0.2) is 4.79 Å². The fraction of sp³-hybridized carbons (Fsp3) is 0.227. The molecule has 2 aromatic carbocycles. The Labute approximate surface area is 178 Å². The van der Waals surface area contributed by atoms with Crippen molar-refractivity contribution in [1.29, 1.82) is 0 Å². The Bertz CT molecular complexity index is 1370. The predicted octanol–water partition coefficient (Wildman–Crippen LogP) is 3.06. The van der Waals surface area contributed by atoms with Gasteiger partial charge in [-0.2, -0.15) is 4.98 Å². The lowest BCUT2D eigenvalue weighted by Crippen LogP contribution is -2.37. The van der Waals surface area contributed by atoms with Crippen LogP contribution in [0.2, 0.25) is 5.02 Å². The first-order chi connectivity index (χ1) is 14.4. The molecule has 1 N–H and O–H groups in total. The third-order valence-electron chi connectivity index (χ3n) is 5.17. The van der Waals surface area contributed by atoms with E-state index in [4.69, 9.17) is 11.6 Å². The van der Waals surface area contributed by atoms with Crippen molar-refractivity contribution in [1.82, 2.24) is 18.7 Å². The number of imidazole rings is 1. The molecule has 0 amide bonds. The van der Waals surface area contributed by atoms with Crippen LogP contribution in [0.1, 0.15) is 16.7 Å². The van der Waals surface area contributed by atoms with Gasteiger partial charge < -0.3 is 5.32 Å². The summed E-state index contributed by atoms with van der Waals surface area (Å²) in [5, 5.41) is 3.94. The Balaban J connectivity index is 1.86. The minimum absolute atomic E-state index is 0.345. The van der Waals surface area contributed by atoms with Gasteiger partial charge in [0, 0.05) is 25.7 Å². The highest BCUT2D eigenvalue weighted by Gasteiger charge is 2.19. The lowest BCUT2D eigenvalue weighted by Gasteiger charge is -2.12. The largest absolute Gasteiger partial charge is 0.351 e. The molecule has 0 fully saturated rings. The summed E-state index contributed by atoms with van der Waals surface area (Å²) in [6.45, 7) is 2.90. The van der Waals surface area contributed by atoms with Crippen LogP contribution in [-0.2, 0) is 27.2 Å². The van der Waals surface area contributed by atoms with Crippen molar-refractivity contribution in [3.8, 4) is 0 Å². The van der Waals surface area contributed by atoms with E-state index in [0.29, 0.717) is 35.2 Å². The van der Waals surface area contributed by atoms with E-state index in [9.17, 15) is 9.59 Å². The number of halogens is 1. The lowest BCUT2D eigenvalue weighted by atomic mass is 10.1. The van der Waals surface area contributed by atoms with E-state index in [1.807, 2.05) is 54.0 Å². The number of benzene rings is 2. The van der Waals surface area contributed by atoms with Crippen molar-refractivity contribution in [2.75, 3.05) is 5.32 Å². The van der Waals surface area contributed by atoms with E-state index < -0.39 is 5.69 Å². The number of nitrogens with one attached hydrogen (secondary N) is 1. The molecule has 0 aliphatic carbocycles. The van der Waals surface area contributed by atoms with Crippen molar-refractivity contribution in [2.24, 2.45) is 14.1 Å². The fourth-order valence-electron chi connectivity index (χ4n) is 3.54. The summed E-state index contributed by atoms with van der Waals surface area (Å²) in [5.41, 5.74) is 3.01. The molecule has 0 bridgehead atoms. The number of rotatable bonds is 5. The quantitative estimate of drug-likeness (QED) is 0.535. The van der Waals surface area contributed by atoms with Gasteiger partial charge in [-0.1, -0.05) is 59.6 Å². The van der Waals surface area contributed by atoms with E-state index in [-0.39, 0.29) is 5.56 Å². The molecule has 4 aromatic rings. The highest BCUT2D eigenvalue weighted by Crippen LogP contribution is 2.21. The monoisotopic (exact) mass is 423 g/mol. The van der Waals surface area contributed by atoms with Crippen LogP contribution in [0, 0.1) is 6.92 Å². The van der Waals surface area contributed by atoms with Gasteiger partial charge in [0.2, 0.25) is 5.95 Å². The Hall–Kier alpha value is -3.32. The van der Waals surface area contributed by atoms with E-state index in [1.165, 1.54) is 11.6 Å². The fourth-order valence-corrected chi connectivity index (χ4v) is 3.75. The molecule has 0 atom stereocenters. The summed E-state index contributed by atoms with van der Waals surface area (Å²) in [7, 11) is 3.09. The van der Waals surface area contributed by atoms with Gasteiger partial charge in [-0.15, -0.1) is 0 Å². The smallest absolute Gasteiger partial charge is 0.332 e. The third-order valence-corrected chi connectivity index (χ3v) is 5.53. The molecule has 2 aromatic heterocycles. The van der Waals surface area contributed by atoms with Gasteiger partial charge in [0.15, 0.2) is 11.2 Å². The first-order valence-electron chi connectivity index (χ1n) is 9.56. The number of hydrogen-bond acceptors (Lipinski definition) is 4. The zero-order valence-corrected chi connectivity index (χ0v) is 17.8. The molecule has 0 saturated heterocycles.